The highest BCUT2D eigenvalue weighted by Gasteiger charge is 2.48. The molecule has 0 N–H and O–H groups in total. The Labute approximate surface area is 235 Å². The second-order valence-electron chi connectivity index (χ2n) is 12.3. The van der Waals surface area contributed by atoms with Gasteiger partial charge in [0, 0.05) is 45.1 Å². The summed E-state index contributed by atoms with van der Waals surface area (Å²) >= 11 is 0. The summed E-state index contributed by atoms with van der Waals surface area (Å²) in [5.41, 5.74) is 1.94. The Hall–Kier alpha value is -3.00. The first kappa shape index (κ1) is 27.2. The second-order valence-corrected chi connectivity index (χ2v) is 12.3. The average Bonchev–Trinajstić information content (AvgIpc) is 3.60. The van der Waals surface area contributed by atoms with E-state index in [4.69, 9.17) is 0 Å². The summed E-state index contributed by atoms with van der Waals surface area (Å²) < 4.78 is 29.3. The Morgan fingerprint density at radius 1 is 0.950 bits per heavy atom. The van der Waals surface area contributed by atoms with Crippen molar-refractivity contribution in [2.45, 2.75) is 57.6 Å². The summed E-state index contributed by atoms with van der Waals surface area (Å²) in [5.74, 6) is 2.01. The molecule has 2 aromatic carbocycles. The molecule has 8 heteroatoms. The summed E-state index contributed by atoms with van der Waals surface area (Å²) in [6, 6.07) is 17.2. The van der Waals surface area contributed by atoms with Gasteiger partial charge in [0.15, 0.2) is 0 Å². The molecule has 1 spiro atoms. The van der Waals surface area contributed by atoms with Crippen molar-refractivity contribution in [1.82, 2.24) is 14.7 Å². The molecule has 3 heterocycles. The number of alkyl halides is 2. The van der Waals surface area contributed by atoms with Gasteiger partial charge >= 0.3 is 6.61 Å². The summed E-state index contributed by atoms with van der Waals surface area (Å²) in [5, 5.41) is 0. The minimum atomic E-state index is -2.84. The molecular weight excluding hydrogens is 512 g/mol. The van der Waals surface area contributed by atoms with Crippen LogP contribution in [-0.4, -0.2) is 72.4 Å². The number of carbonyl (C=O) groups excluding carboxylic acids is 2. The molecule has 3 saturated heterocycles. The molecule has 6 nitrogen and oxygen atoms in total. The fourth-order valence-corrected chi connectivity index (χ4v) is 7.04. The van der Waals surface area contributed by atoms with Crippen LogP contribution in [0.4, 0.5) is 8.78 Å². The monoisotopic (exact) mass is 551 g/mol. The highest BCUT2D eigenvalue weighted by molar-refractivity contribution is 5.85. The third-order valence-corrected chi connectivity index (χ3v) is 9.61. The molecule has 0 unspecified atom stereocenters. The van der Waals surface area contributed by atoms with E-state index in [1.807, 2.05) is 11.0 Å². The fourth-order valence-electron chi connectivity index (χ4n) is 7.04. The predicted octanol–water partition coefficient (Wildman–Crippen LogP) is 5.14. The van der Waals surface area contributed by atoms with Crippen molar-refractivity contribution in [2.75, 3.05) is 39.3 Å². The van der Waals surface area contributed by atoms with E-state index in [1.165, 1.54) is 30.5 Å². The highest BCUT2D eigenvalue weighted by Crippen LogP contribution is 2.43. The van der Waals surface area contributed by atoms with Crippen LogP contribution < -0.4 is 4.74 Å². The normalized spacial score (nSPS) is 24.8. The fraction of sp³-hybridized carbons (Fsp3) is 0.562. The van der Waals surface area contributed by atoms with E-state index in [0.717, 1.165) is 64.1 Å². The van der Waals surface area contributed by atoms with Gasteiger partial charge in [-0.15, -0.1) is 0 Å². The number of hydrogen-bond donors (Lipinski definition) is 0. The van der Waals surface area contributed by atoms with Crippen LogP contribution in [0.5, 0.6) is 5.75 Å². The third-order valence-electron chi connectivity index (χ3n) is 9.61. The Kier molecular flexibility index (Phi) is 7.80. The summed E-state index contributed by atoms with van der Waals surface area (Å²) in [6.07, 6.45) is 5.67. The topological polar surface area (TPSA) is 53.1 Å². The van der Waals surface area contributed by atoms with Crippen molar-refractivity contribution in [1.29, 1.82) is 0 Å². The van der Waals surface area contributed by atoms with Crippen LogP contribution in [0.15, 0.2) is 54.6 Å². The van der Waals surface area contributed by atoms with Crippen LogP contribution in [-0.2, 0) is 16.1 Å². The molecule has 0 radical (unpaired) electrons. The zero-order valence-electron chi connectivity index (χ0n) is 23.0. The average molecular weight is 552 g/mol. The largest absolute Gasteiger partial charge is 0.435 e. The molecule has 2 amide bonds. The zero-order chi connectivity index (χ0) is 27.7. The first-order chi connectivity index (χ1) is 19.4. The van der Waals surface area contributed by atoms with Crippen LogP contribution in [0.25, 0.3) is 0 Å². The minimum Gasteiger partial charge on any atom is -0.435 e. The van der Waals surface area contributed by atoms with Gasteiger partial charge in [0.2, 0.25) is 11.8 Å². The zero-order valence-corrected chi connectivity index (χ0v) is 23.0. The van der Waals surface area contributed by atoms with Crippen molar-refractivity contribution >= 4 is 11.8 Å². The smallest absolute Gasteiger partial charge is 0.387 e. The van der Waals surface area contributed by atoms with Gasteiger partial charge in [0.25, 0.3) is 0 Å². The lowest BCUT2D eigenvalue weighted by atomic mass is 9.76. The van der Waals surface area contributed by atoms with Crippen LogP contribution >= 0.6 is 0 Å². The first-order valence-corrected chi connectivity index (χ1v) is 14.8. The lowest BCUT2D eigenvalue weighted by molar-refractivity contribution is -0.139. The second kappa shape index (κ2) is 11.5. The number of likely N-dealkylation sites (tertiary alicyclic amines) is 3. The van der Waals surface area contributed by atoms with Gasteiger partial charge in [0.1, 0.15) is 5.75 Å². The van der Waals surface area contributed by atoms with Gasteiger partial charge in [-0.3, -0.25) is 9.59 Å². The van der Waals surface area contributed by atoms with Crippen LogP contribution in [0.3, 0.4) is 0 Å². The summed E-state index contributed by atoms with van der Waals surface area (Å²) in [4.78, 5) is 33.0. The maximum atomic E-state index is 13.5. The number of nitrogens with zero attached hydrogens (tertiary/aromatic N) is 3. The van der Waals surface area contributed by atoms with Gasteiger partial charge in [-0.1, -0.05) is 42.5 Å². The predicted molar refractivity (Wildman–Crippen MR) is 148 cm³/mol. The van der Waals surface area contributed by atoms with Crippen molar-refractivity contribution in [3.63, 3.8) is 0 Å². The molecule has 6 rings (SSSR count). The van der Waals surface area contributed by atoms with Crippen molar-refractivity contribution in [3.05, 3.63) is 65.7 Å². The standard InChI is InChI=1S/C32H39F2N3O3/c33-31(34)40-27-10-8-24(9-11-27)19-36-17-14-32(30(36)39)12-15-35(16-13-32)20-26-21-37(29(38)18-23-6-7-23)22-28(26)25-4-2-1-3-5-25/h1-5,8-11,23,26,28,31H,6-7,12-22H2/t26-,28+/m0/s1. The van der Waals surface area contributed by atoms with E-state index >= 15 is 0 Å². The molecule has 0 aromatic heterocycles. The van der Waals surface area contributed by atoms with E-state index in [1.54, 1.807) is 12.1 Å². The maximum Gasteiger partial charge on any atom is 0.387 e. The van der Waals surface area contributed by atoms with E-state index in [2.05, 4.69) is 38.8 Å². The Morgan fingerprint density at radius 2 is 1.65 bits per heavy atom. The number of rotatable bonds is 9. The van der Waals surface area contributed by atoms with Crippen molar-refractivity contribution in [3.8, 4) is 5.75 Å². The Bertz CT molecular complexity index is 1180. The molecular formula is C32H39F2N3O3. The van der Waals surface area contributed by atoms with Crippen LogP contribution in [0.2, 0.25) is 0 Å². The minimum absolute atomic E-state index is 0.127. The summed E-state index contributed by atoms with van der Waals surface area (Å²) in [6.45, 7) is 2.74. The molecule has 2 aromatic rings. The molecule has 4 aliphatic rings. The van der Waals surface area contributed by atoms with E-state index < -0.39 is 6.61 Å². The Balaban J connectivity index is 1.04. The van der Waals surface area contributed by atoms with Crippen LogP contribution in [0.1, 0.15) is 55.6 Å². The molecule has 1 saturated carbocycles. The Morgan fingerprint density at radius 3 is 2.33 bits per heavy atom. The lowest BCUT2D eigenvalue weighted by Crippen LogP contribution is -2.46. The number of carbonyl (C=O) groups is 2. The lowest BCUT2D eigenvalue weighted by Gasteiger charge is -2.39. The number of halogens is 2. The quantitative estimate of drug-likeness (QED) is 0.433. The summed E-state index contributed by atoms with van der Waals surface area (Å²) in [7, 11) is 0. The van der Waals surface area contributed by atoms with Gasteiger partial charge < -0.3 is 19.4 Å². The molecule has 0 bridgehead atoms. The molecule has 2 atom stereocenters. The maximum absolute atomic E-state index is 13.5. The number of ether oxygens (including phenoxy) is 1. The molecule has 1 aliphatic carbocycles. The van der Waals surface area contributed by atoms with Gasteiger partial charge in [0.05, 0.1) is 5.41 Å². The third kappa shape index (κ3) is 6.02. The number of piperidine rings is 1. The molecule has 214 valence electrons. The highest BCUT2D eigenvalue weighted by atomic mass is 19.3. The van der Waals surface area contributed by atoms with Gasteiger partial charge in [-0.2, -0.15) is 8.78 Å². The van der Waals surface area contributed by atoms with Crippen molar-refractivity contribution < 1.29 is 23.1 Å². The number of hydrogen-bond acceptors (Lipinski definition) is 4. The van der Waals surface area contributed by atoms with Crippen molar-refractivity contribution in [2.24, 2.45) is 17.3 Å². The van der Waals surface area contributed by atoms with Gasteiger partial charge in [-0.05, 0) is 80.3 Å². The van der Waals surface area contributed by atoms with E-state index in [-0.39, 0.29) is 17.1 Å². The van der Waals surface area contributed by atoms with E-state index in [0.29, 0.717) is 36.6 Å². The molecule has 4 fully saturated rings. The number of benzene rings is 2. The van der Waals surface area contributed by atoms with Gasteiger partial charge in [-0.25, -0.2) is 0 Å². The van der Waals surface area contributed by atoms with E-state index in [9.17, 15) is 18.4 Å². The van der Waals surface area contributed by atoms with Crippen LogP contribution in [0, 0.1) is 17.3 Å². The molecule has 3 aliphatic heterocycles. The SMILES string of the molecule is O=C(CC1CC1)N1C[C@H](CN2CCC3(CC2)CCN(Cc2ccc(OC(F)F)cc2)C3=O)[C@@H](c2ccccc2)C1. The first-order valence-electron chi connectivity index (χ1n) is 14.8. The molecule has 40 heavy (non-hydrogen) atoms. The number of amides is 2.